The van der Waals surface area contributed by atoms with E-state index in [1.165, 1.54) is 11.1 Å². The van der Waals surface area contributed by atoms with Gasteiger partial charge in [0.2, 0.25) is 11.8 Å². The van der Waals surface area contributed by atoms with Gasteiger partial charge in [0.05, 0.1) is 0 Å². The quantitative estimate of drug-likeness (QED) is 0.810. The number of likely N-dealkylation sites (tertiary alicyclic amines) is 1. The largest absolute Gasteiger partial charge is 0.337 e. The molecule has 2 amide bonds. The predicted molar refractivity (Wildman–Crippen MR) is 110 cm³/mol. The van der Waals surface area contributed by atoms with Crippen LogP contribution >= 0.6 is 0 Å². The molecule has 0 radical (unpaired) electrons. The molecular weight excluding hydrogens is 348 g/mol. The van der Waals surface area contributed by atoms with Crippen molar-refractivity contribution in [1.82, 2.24) is 9.80 Å². The summed E-state index contributed by atoms with van der Waals surface area (Å²) in [5, 5.41) is 0. The molecule has 1 fully saturated rings. The summed E-state index contributed by atoms with van der Waals surface area (Å²) >= 11 is 0. The fraction of sp³-hybridized carbons (Fsp3) is 0.333. The Morgan fingerprint density at radius 2 is 1.57 bits per heavy atom. The highest BCUT2D eigenvalue weighted by atomic mass is 16.2. The van der Waals surface area contributed by atoms with Gasteiger partial charge in [-0.15, -0.1) is 0 Å². The predicted octanol–water partition coefficient (Wildman–Crippen LogP) is 4.06. The van der Waals surface area contributed by atoms with Crippen LogP contribution in [0.4, 0.5) is 0 Å². The van der Waals surface area contributed by atoms with E-state index in [2.05, 4.69) is 18.2 Å². The number of nitrogens with zero attached hydrogens (tertiary/aromatic N) is 2. The SMILES string of the molecule is O=C(C(c1ccccc1)N1CCCCC1=O)N1CC=C(c2ccccc2)CC1. The van der Waals surface area contributed by atoms with Crippen molar-refractivity contribution >= 4 is 17.4 Å². The van der Waals surface area contributed by atoms with Gasteiger partial charge in [-0.3, -0.25) is 9.59 Å². The molecule has 0 N–H and O–H groups in total. The molecule has 4 heteroatoms. The summed E-state index contributed by atoms with van der Waals surface area (Å²) in [4.78, 5) is 29.8. The maximum atomic E-state index is 13.5. The minimum atomic E-state index is -0.513. The molecule has 2 aromatic rings. The lowest BCUT2D eigenvalue weighted by molar-refractivity contribution is -0.147. The molecule has 28 heavy (non-hydrogen) atoms. The first-order valence-corrected chi connectivity index (χ1v) is 10.1. The molecule has 2 aromatic carbocycles. The fourth-order valence-corrected chi connectivity index (χ4v) is 4.15. The number of rotatable bonds is 4. The first kappa shape index (κ1) is 18.5. The fourth-order valence-electron chi connectivity index (χ4n) is 4.15. The molecule has 2 heterocycles. The summed E-state index contributed by atoms with van der Waals surface area (Å²) < 4.78 is 0. The second-order valence-corrected chi connectivity index (χ2v) is 7.49. The van der Waals surface area contributed by atoms with E-state index in [4.69, 9.17) is 0 Å². The normalized spacial score (nSPS) is 18.6. The Bertz CT molecular complexity index is 861. The van der Waals surface area contributed by atoms with Crippen molar-refractivity contribution in [2.24, 2.45) is 0 Å². The number of carbonyl (C=O) groups excluding carboxylic acids is 2. The van der Waals surface area contributed by atoms with Crippen molar-refractivity contribution in [2.75, 3.05) is 19.6 Å². The molecule has 144 valence electrons. The van der Waals surface area contributed by atoms with E-state index in [0.29, 0.717) is 26.1 Å². The minimum absolute atomic E-state index is 0.0322. The number of amides is 2. The molecular formula is C24H26N2O2. The molecule has 1 unspecified atom stereocenters. The van der Waals surface area contributed by atoms with E-state index >= 15 is 0 Å². The van der Waals surface area contributed by atoms with Gasteiger partial charge < -0.3 is 9.80 Å². The van der Waals surface area contributed by atoms with Crippen LogP contribution in [0.2, 0.25) is 0 Å². The van der Waals surface area contributed by atoms with Gasteiger partial charge in [0.25, 0.3) is 0 Å². The van der Waals surface area contributed by atoms with E-state index in [0.717, 1.165) is 24.8 Å². The summed E-state index contributed by atoms with van der Waals surface area (Å²) in [5.41, 5.74) is 3.41. The van der Waals surface area contributed by atoms with Crippen LogP contribution in [-0.2, 0) is 9.59 Å². The van der Waals surface area contributed by atoms with E-state index in [1.807, 2.05) is 53.4 Å². The summed E-state index contributed by atoms with van der Waals surface area (Å²) in [7, 11) is 0. The molecule has 1 saturated heterocycles. The van der Waals surface area contributed by atoms with Gasteiger partial charge in [-0.1, -0.05) is 66.7 Å². The zero-order valence-corrected chi connectivity index (χ0v) is 16.1. The van der Waals surface area contributed by atoms with E-state index < -0.39 is 6.04 Å². The van der Waals surface area contributed by atoms with Crippen molar-refractivity contribution in [3.63, 3.8) is 0 Å². The van der Waals surface area contributed by atoms with Gasteiger partial charge >= 0.3 is 0 Å². The Morgan fingerprint density at radius 3 is 2.21 bits per heavy atom. The van der Waals surface area contributed by atoms with Crippen molar-refractivity contribution in [1.29, 1.82) is 0 Å². The van der Waals surface area contributed by atoms with Crippen LogP contribution in [0.1, 0.15) is 42.9 Å². The molecule has 0 aromatic heterocycles. The Labute approximate surface area is 166 Å². The first-order chi connectivity index (χ1) is 13.7. The van der Waals surface area contributed by atoms with E-state index in [1.54, 1.807) is 4.90 Å². The molecule has 0 bridgehead atoms. The number of hydrogen-bond donors (Lipinski definition) is 0. The van der Waals surface area contributed by atoms with Gasteiger partial charge in [0, 0.05) is 26.1 Å². The van der Waals surface area contributed by atoms with Crippen LogP contribution in [0.5, 0.6) is 0 Å². The van der Waals surface area contributed by atoms with Crippen LogP contribution in [0.15, 0.2) is 66.7 Å². The maximum Gasteiger partial charge on any atom is 0.250 e. The van der Waals surface area contributed by atoms with Gasteiger partial charge in [0.1, 0.15) is 6.04 Å². The molecule has 0 saturated carbocycles. The van der Waals surface area contributed by atoms with Crippen LogP contribution in [0, 0.1) is 0 Å². The lowest BCUT2D eigenvalue weighted by atomic mass is 9.97. The van der Waals surface area contributed by atoms with Gasteiger partial charge in [-0.2, -0.15) is 0 Å². The average Bonchev–Trinajstić information content (AvgIpc) is 2.77. The number of piperidine rings is 1. The van der Waals surface area contributed by atoms with Crippen molar-refractivity contribution in [3.8, 4) is 0 Å². The lowest BCUT2D eigenvalue weighted by Crippen LogP contribution is -2.48. The van der Waals surface area contributed by atoms with Crippen molar-refractivity contribution in [2.45, 2.75) is 31.7 Å². The smallest absolute Gasteiger partial charge is 0.250 e. The third-order valence-electron chi connectivity index (χ3n) is 5.69. The average molecular weight is 374 g/mol. The van der Waals surface area contributed by atoms with E-state index in [9.17, 15) is 9.59 Å². The number of carbonyl (C=O) groups is 2. The second kappa shape index (κ2) is 8.42. The summed E-state index contributed by atoms with van der Waals surface area (Å²) in [5.74, 6) is 0.121. The van der Waals surface area contributed by atoms with Crippen LogP contribution in [0.25, 0.3) is 5.57 Å². The topological polar surface area (TPSA) is 40.6 Å². The van der Waals surface area contributed by atoms with Gasteiger partial charge in [-0.05, 0) is 36.0 Å². The number of hydrogen-bond acceptors (Lipinski definition) is 2. The Kier molecular flexibility index (Phi) is 5.56. The van der Waals surface area contributed by atoms with E-state index in [-0.39, 0.29) is 11.8 Å². The maximum absolute atomic E-state index is 13.5. The Hall–Kier alpha value is -2.88. The third kappa shape index (κ3) is 3.86. The zero-order chi connectivity index (χ0) is 19.3. The Morgan fingerprint density at radius 1 is 0.857 bits per heavy atom. The highest BCUT2D eigenvalue weighted by Crippen LogP contribution is 2.29. The molecule has 1 atom stereocenters. The van der Waals surface area contributed by atoms with Gasteiger partial charge in [-0.25, -0.2) is 0 Å². The minimum Gasteiger partial charge on any atom is -0.337 e. The molecule has 4 rings (SSSR count). The highest BCUT2D eigenvalue weighted by Gasteiger charge is 2.35. The molecule has 4 nitrogen and oxygen atoms in total. The standard InChI is InChI=1S/C24H26N2O2/c27-22-13-7-8-16-26(22)23(21-11-5-2-6-12-21)24(28)25-17-14-20(15-18-25)19-9-3-1-4-10-19/h1-6,9-12,14,23H,7-8,13,15-18H2. The number of benzene rings is 2. The Balaban J connectivity index is 1.56. The molecule has 2 aliphatic rings. The van der Waals surface area contributed by atoms with Gasteiger partial charge in [0.15, 0.2) is 0 Å². The zero-order valence-electron chi connectivity index (χ0n) is 16.1. The van der Waals surface area contributed by atoms with Crippen molar-refractivity contribution < 1.29 is 9.59 Å². The lowest BCUT2D eigenvalue weighted by Gasteiger charge is -2.38. The first-order valence-electron chi connectivity index (χ1n) is 10.1. The second-order valence-electron chi connectivity index (χ2n) is 7.49. The molecule has 2 aliphatic heterocycles. The van der Waals surface area contributed by atoms with Crippen LogP contribution in [-0.4, -0.2) is 41.2 Å². The molecule has 0 aliphatic carbocycles. The van der Waals surface area contributed by atoms with Crippen molar-refractivity contribution in [3.05, 3.63) is 77.9 Å². The highest BCUT2D eigenvalue weighted by molar-refractivity contribution is 5.89. The van der Waals surface area contributed by atoms with Crippen LogP contribution in [0.3, 0.4) is 0 Å². The summed E-state index contributed by atoms with van der Waals surface area (Å²) in [6.45, 7) is 1.93. The summed E-state index contributed by atoms with van der Waals surface area (Å²) in [6.07, 6.45) is 5.40. The molecule has 0 spiro atoms. The monoisotopic (exact) mass is 374 g/mol. The third-order valence-corrected chi connectivity index (χ3v) is 5.69. The summed E-state index contributed by atoms with van der Waals surface area (Å²) in [6, 6.07) is 19.6. The van der Waals surface area contributed by atoms with Crippen LogP contribution < -0.4 is 0 Å².